The van der Waals surface area contributed by atoms with E-state index in [-0.39, 0.29) is 0 Å². The molecule has 2 aliphatic heterocycles. The molecule has 3 nitrogen and oxygen atoms in total. The van der Waals surface area contributed by atoms with Gasteiger partial charge in [0.25, 0.3) is 0 Å². The SMILES string of the molecule is C=C(CNCCC)CN1CCC(N2CCCCC2)CC1. The van der Waals surface area contributed by atoms with Gasteiger partial charge in [-0.15, -0.1) is 0 Å². The lowest BCUT2D eigenvalue weighted by molar-refractivity contribution is 0.0962. The Hall–Kier alpha value is -0.380. The molecule has 0 aromatic rings. The zero-order chi connectivity index (χ0) is 14.2. The Bertz CT molecular complexity index is 276. The number of hydrogen-bond acceptors (Lipinski definition) is 3. The van der Waals surface area contributed by atoms with E-state index >= 15 is 0 Å². The lowest BCUT2D eigenvalue weighted by atomic mass is 9.99. The van der Waals surface area contributed by atoms with Crippen molar-refractivity contribution in [2.45, 2.75) is 51.5 Å². The average Bonchev–Trinajstić information content (AvgIpc) is 2.49. The molecule has 116 valence electrons. The molecule has 20 heavy (non-hydrogen) atoms. The molecule has 1 N–H and O–H groups in total. The lowest BCUT2D eigenvalue weighted by Crippen LogP contribution is -2.47. The fraction of sp³-hybridized carbons (Fsp3) is 0.882. The van der Waals surface area contributed by atoms with E-state index in [2.05, 4.69) is 28.6 Å². The molecule has 0 radical (unpaired) electrons. The Balaban J connectivity index is 1.62. The van der Waals surface area contributed by atoms with Gasteiger partial charge >= 0.3 is 0 Å². The van der Waals surface area contributed by atoms with E-state index in [9.17, 15) is 0 Å². The second-order valence-electron chi connectivity index (χ2n) is 6.53. The van der Waals surface area contributed by atoms with Crippen molar-refractivity contribution in [1.29, 1.82) is 0 Å². The molecule has 0 unspecified atom stereocenters. The van der Waals surface area contributed by atoms with E-state index in [1.807, 2.05) is 0 Å². The summed E-state index contributed by atoms with van der Waals surface area (Å²) in [6, 6.07) is 0.859. The van der Waals surface area contributed by atoms with Crippen LogP contribution in [0.5, 0.6) is 0 Å². The van der Waals surface area contributed by atoms with E-state index in [0.29, 0.717) is 0 Å². The fourth-order valence-corrected chi connectivity index (χ4v) is 3.54. The van der Waals surface area contributed by atoms with Crippen molar-refractivity contribution < 1.29 is 0 Å². The molecular formula is C17H33N3. The largest absolute Gasteiger partial charge is 0.313 e. The van der Waals surface area contributed by atoms with E-state index in [4.69, 9.17) is 0 Å². The summed E-state index contributed by atoms with van der Waals surface area (Å²) in [7, 11) is 0. The maximum atomic E-state index is 4.21. The first-order valence-electron chi connectivity index (χ1n) is 8.63. The first kappa shape index (κ1) is 16.0. The summed E-state index contributed by atoms with van der Waals surface area (Å²) < 4.78 is 0. The second kappa shape index (κ2) is 8.81. The predicted octanol–water partition coefficient (Wildman–Crippen LogP) is 2.49. The van der Waals surface area contributed by atoms with Gasteiger partial charge in [0.15, 0.2) is 0 Å². The van der Waals surface area contributed by atoms with Crippen molar-refractivity contribution in [1.82, 2.24) is 15.1 Å². The third-order valence-corrected chi connectivity index (χ3v) is 4.71. The highest BCUT2D eigenvalue weighted by Gasteiger charge is 2.25. The summed E-state index contributed by atoms with van der Waals surface area (Å²) >= 11 is 0. The number of rotatable bonds is 7. The number of nitrogens with zero attached hydrogens (tertiary/aromatic N) is 2. The van der Waals surface area contributed by atoms with Crippen LogP contribution in [-0.4, -0.2) is 61.7 Å². The van der Waals surface area contributed by atoms with Crippen LogP contribution < -0.4 is 5.32 Å². The number of hydrogen-bond donors (Lipinski definition) is 1. The van der Waals surface area contributed by atoms with Crippen LogP contribution in [0.3, 0.4) is 0 Å². The van der Waals surface area contributed by atoms with Gasteiger partial charge in [-0.25, -0.2) is 0 Å². The van der Waals surface area contributed by atoms with Crippen molar-refractivity contribution in [3.8, 4) is 0 Å². The number of likely N-dealkylation sites (tertiary alicyclic amines) is 2. The summed E-state index contributed by atoms with van der Waals surface area (Å²) in [4.78, 5) is 5.34. The van der Waals surface area contributed by atoms with Gasteiger partial charge in [0.05, 0.1) is 0 Å². The summed E-state index contributed by atoms with van der Waals surface area (Å²) in [6.07, 6.45) is 8.19. The van der Waals surface area contributed by atoms with Crippen molar-refractivity contribution >= 4 is 0 Å². The lowest BCUT2D eigenvalue weighted by Gasteiger charge is -2.40. The maximum absolute atomic E-state index is 4.21. The van der Waals surface area contributed by atoms with Crippen LogP contribution in [0.25, 0.3) is 0 Å². The third kappa shape index (κ3) is 5.19. The smallest absolute Gasteiger partial charge is 0.0202 e. The Morgan fingerprint density at radius 3 is 2.45 bits per heavy atom. The molecule has 0 aliphatic carbocycles. The number of piperidine rings is 2. The molecule has 0 saturated carbocycles. The highest BCUT2D eigenvalue weighted by molar-refractivity contribution is 5.00. The zero-order valence-electron chi connectivity index (χ0n) is 13.4. The van der Waals surface area contributed by atoms with Crippen LogP contribution >= 0.6 is 0 Å². The molecule has 0 aromatic heterocycles. The first-order chi connectivity index (χ1) is 9.79. The Morgan fingerprint density at radius 1 is 1.10 bits per heavy atom. The third-order valence-electron chi connectivity index (χ3n) is 4.71. The monoisotopic (exact) mass is 279 g/mol. The molecule has 0 aromatic carbocycles. The van der Waals surface area contributed by atoms with E-state index in [1.54, 1.807) is 0 Å². The van der Waals surface area contributed by atoms with E-state index in [1.165, 1.54) is 70.3 Å². The van der Waals surface area contributed by atoms with Gasteiger partial charge in [-0.3, -0.25) is 4.90 Å². The molecule has 2 heterocycles. The molecule has 2 saturated heterocycles. The molecule has 0 spiro atoms. The molecule has 2 rings (SSSR count). The van der Waals surface area contributed by atoms with Crippen LogP contribution in [0.1, 0.15) is 45.4 Å². The highest BCUT2D eigenvalue weighted by Crippen LogP contribution is 2.21. The molecule has 2 fully saturated rings. The molecule has 0 bridgehead atoms. The second-order valence-corrected chi connectivity index (χ2v) is 6.53. The zero-order valence-corrected chi connectivity index (χ0v) is 13.4. The molecule has 3 heteroatoms. The summed E-state index contributed by atoms with van der Waals surface area (Å²) in [5, 5.41) is 3.45. The van der Waals surface area contributed by atoms with Crippen molar-refractivity contribution in [3.05, 3.63) is 12.2 Å². The van der Waals surface area contributed by atoms with Crippen molar-refractivity contribution in [3.63, 3.8) is 0 Å². The first-order valence-corrected chi connectivity index (χ1v) is 8.63. The Morgan fingerprint density at radius 2 is 1.80 bits per heavy atom. The van der Waals surface area contributed by atoms with Crippen LogP contribution in [-0.2, 0) is 0 Å². The maximum Gasteiger partial charge on any atom is 0.0202 e. The van der Waals surface area contributed by atoms with Crippen molar-refractivity contribution in [2.75, 3.05) is 45.8 Å². The average molecular weight is 279 g/mol. The van der Waals surface area contributed by atoms with E-state index in [0.717, 1.165) is 25.7 Å². The van der Waals surface area contributed by atoms with Gasteiger partial charge in [-0.05, 0) is 70.4 Å². The molecule has 0 atom stereocenters. The van der Waals surface area contributed by atoms with Gasteiger partial charge in [-0.1, -0.05) is 19.9 Å². The Kier molecular flexibility index (Phi) is 7.05. The normalized spacial score (nSPS) is 23.1. The van der Waals surface area contributed by atoms with Gasteiger partial charge < -0.3 is 10.2 Å². The van der Waals surface area contributed by atoms with Crippen LogP contribution in [0, 0.1) is 0 Å². The van der Waals surface area contributed by atoms with Crippen LogP contribution in [0.15, 0.2) is 12.2 Å². The minimum Gasteiger partial charge on any atom is -0.313 e. The van der Waals surface area contributed by atoms with Gasteiger partial charge in [0.1, 0.15) is 0 Å². The van der Waals surface area contributed by atoms with Crippen molar-refractivity contribution in [2.24, 2.45) is 0 Å². The topological polar surface area (TPSA) is 18.5 Å². The molecular weight excluding hydrogens is 246 g/mol. The molecule has 0 amide bonds. The minimum absolute atomic E-state index is 0.859. The summed E-state index contributed by atoms with van der Waals surface area (Å²) in [5.41, 5.74) is 1.34. The fourth-order valence-electron chi connectivity index (χ4n) is 3.54. The summed E-state index contributed by atoms with van der Waals surface area (Å²) in [6.45, 7) is 14.8. The minimum atomic E-state index is 0.859. The van der Waals surface area contributed by atoms with Gasteiger partial charge in [0.2, 0.25) is 0 Å². The highest BCUT2D eigenvalue weighted by atomic mass is 15.2. The standard InChI is InChI=1S/C17H33N3/c1-3-9-18-14-16(2)15-19-12-7-17(8-13-19)20-10-5-4-6-11-20/h17-18H,2-15H2,1H3. The quantitative estimate of drug-likeness (QED) is 0.570. The van der Waals surface area contributed by atoms with E-state index < -0.39 is 0 Å². The summed E-state index contributed by atoms with van der Waals surface area (Å²) in [5.74, 6) is 0. The van der Waals surface area contributed by atoms with Crippen LogP contribution in [0.2, 0.25) is 0 Å². The molecule has 2 aliphatic rings. The van der Waals surface area contributed by atoms with Gasteiger partial charge in [0, 0.05) is 19.1 Å². The number of nitrogens with one attached hydrogen (secondary N) is 1. The Labute approximate surface area is 125 Å². The predicted molar refractivity (Wildman–Crippen MR) is 87.2 cm³/mol. The van der Waals surface area contributed by atoms with Gasteiger partial charge in [-0.2, -0.15) is 0 Å². The van der Waals surface area contributed by atoms with Crippen LogP contribution in [0.4, 0.5) is 0 Å².